The van der Waals surface area contributed by atoms with Crippen molar-refractivity contribution in [1.29, 1.82) is 0 Å². The molecule has 3 aromatic rings. The number of imidazole rings is 1. The van der Waals surface area contributed by atoms with E-state index in [4.69, 9.17) is 10.7 Å². The molecule has 0 aliphatic heterocycles. The average molecular weight is 265 g/mol. The van der Waals surface area contributed by atoms with Gasteiger partial charge in [0.1, 0.15) is 5.82 Å². The second kappa shape index (κ2) is 5.10. The van der Waals surface area contributed by atoms with E-state index in [1.807, 2.05) is 25.1 Å². The van der Waals surface area contributed by atoms with Crippen molar-refractivity contribution in [1.82, 2.24) is 9.55 Å². The van der Waals surface area contributed by atoms with Gasteiger partial charge >= 0.3 is 0 Å². The molecule has 102 valence electrons. The third-order valence-electron chi connectivity index (χ3n) is 3.77. The van der Waals surface area contributed by atoms with Gasteiger partial charge in [0.15, 0.2) is 0 Å². The predicted molar refractivity (Wildman–Crippen MR) is 82.6 cm³/mol. The largest absolute Gasteiger partial charge is 0.331 e. The quantitative estimate of drug-likeness (QED) is 0.790. The normalized spacial score (nSPS) is 12.8. The zero-order valence-corrected chi connectivity index (χ0v) is 11.9. The summed E-state index contributed by atoms with van der Waals surface area (Å²) in [4.78, 5) is 4.73. The second-order valence-corrected chi connectivity index (χ2v) is 5.24. The van der Waals surface area contributed by atoms with Crippen LogP contribution < -0.4 is 5.73 Å². The van der Waals surface area contributed by atoms with E-state index in [1.54, 1.807) is 0 Å². The van der Waals surface area contributed by atoms with Gasteiger partial charge in [-0.2, -0.15) is 0 Å². The molecule has 0 saturated carbocycles. The van der Waals surface area contributed by atoms with Crippen molar-refractivity contribution in [3.05, 3.63) is 65.5 Å². The molecule has 0 fully saturated rings. The zero-order valence-electron chi connectivity index (χ0n) is 11.9. The molecule has 1 atom stereocenters. The summed E-state index contributed by atoms with van der Waals surface area (Å²) in [5, 5.41) is 0. The Balaban J connectivity index is 2.04. The third-order valence-corrected chi connectivity index (χ3v) is 3.77. The van der Waals surface area contributed by atoms with E-state index in [0.29, 0.717) is 0 Å². The van der Waals surface area contributed by atoms with E-state index < -0.39 is 0 Å². The zero-order chi connectivity index (χ0) is 14.1. The maximum atomic E-state index is 6.05. The number of rotatable bonds is 3. The van der Waals surface area contributed by atoms with Crippen molar-refractivity contribution in [3.8, 4) is 0 Å². The molecule has 1 heterocycles. The van der Waals surface area contributed by atoms with Crippen molar-refractivity contribution in [3.63, 3.8) is 0 Å². The highest BCUT2D eigenvalue weighted by Crippen LogP contribution is 2.21. The van der Waals surface area contributed by atoms with Crippen LogP contribution in [0.4, 0.5) is 0 Å². The molecule has 1 unspecified atom stereocenters. The van der Waals surface area contributed by atoms with Crippen LogP contribution in [0.25, 0.3) is 11.0 Å². The Labute approximate surface area is 119 Å². The Morgan fingerprint density at radius 3 is 2.55 bits per heavy atom. The van der Waals surface area contributed by atoms with Gasteiger partial charge in [0.2, 0.25) is 0 Å². The molecular weight excluding hydrogens is 246 g/mol. The fourth-order valence-electron chi connectivity index (χ4n) is 2.66. The van der Waals surface area contributed by atoms with Gasteiger partial charge in [0.25, 0.3) is 0 Å². The van der Waals surface area contributed by atoms with Crippen LogP contribution in [0.5, 0.6) is 0 Å². The first-order valence-electron chi connectivity index (χ1n) is 6.90. The Morgan fingerprint density at radius 1 is 1.10 bits per heavy atom. The fraction of sp³-hybridized carbons (Fsp3) is 0.235. The molecule has 3 rings (SSSR count). The number of para-hydroxylation sites is 2. The summed E-state index contributed by atoms with van der Waals surface area (Å²) in [6.07, 6.45) is 0.808. The van der Waals surface area contributed by atoms with Crippen molar-refractivity contribution < 1.29 is 0 Å². The minimum absolute atomic E-state index is 0.0425. The smallest absolute Gasteiger partial charge is 0.114 e. The molecular formula is C17H19N3. The van der Waals surface area contributed by atoms with E-state index in [-0.39, 0.29) is 6.04 Å². The molecule has 1 aromatic heterocycles. The standard InChI is InChI=1S/C17H19N3/c1-12(18)14-8-4-3-7-13(14)11-17-19-15-9-5-6-10-16(15)20(17)2/h3-10,12H,11,18H2,1-2H3. The number of nitrogens with two attached hydrogens (primary N) is 1. The van der Waals surface area contributed by atoms with Gasteiger partial charge in [0, 0.05) is 19.5 Å². The Morgan fingerprint density at radius 2 is 1.80 bits per heavy atom. The summed E-state index contributed by atoms with van der Waals surface area (Å²) in [5.74, 6) is 1.07. The monoisotopic (exact) mass is 265 g/mol. The van der Waals surface area contributed by atoms with E-state index in [0.717, 1.165) is 17.8 Å². The molecule has 3 heteroatoms. The van der Waals surface area contributed by atoms with Gasteiger partial charge in [-0.05, 0) is 30.2 Å². The lowest BCUT2D eigenvalue weighted by atomic mass is 9.99. The number of benzene rings is 2. The first-order chi connectivity index (χ1) is 9.66. The minimum atomic E-state index is 0.0425. The molecule has 0 amide bonds. The first kappa shape index (κ1) is 12.9. The summed E-state index contributed by atoms with van der Waals surface area (Å²) in [6, 6.07) is 16.6. The Hall–Kier alpha value is -2.13. The van der Waals surface area contributed by atoms with E-state index in [1.165, 1.54) is 16.6 Å². The van der Waals surface area contributed by atoms with Gasteiger partial charge < -0.3 is 10.3 Å². The SMILES string of the molecule is CC(N)c1ccccc1Cc1nc2ccccc2n1C. The summed E-state index contributed by atoms with van der Waals surface area (Å²) in [6.45, 7) is 2.02. The lowest BCUT2D eigenvalue weighted by Crippen LogP contribution is -2.09. The first-order valence-corrected chi connectivity index (χ1v) is 6.90. The van der Waals surface area contributed by atoms with Gasteiger partial charge in [-0.1, -0.05) is 36.4 Å². The summed E-state index contributed by atoms with van der Waals surface area (Å²) < 4.78 is 2.16. The van der Waals surface area contributed by atoms with Crippen molar-refractivity contribution in [2.75, 3.05) is 0 Å². The van der Waals surface area contributed by atoms with Crippen molar-refractivity contribution in [2.24, 2.45) is 12.8 Å². The fourth-order valence-corrected chi connectivity index (χ4v) is 2.66. The highest BCUT2D eigenvalue weighted by molar-refractivity contribution is 5.75. The van der Waals surface area contributed by atoms with Gasteiger partial charge in [-0.15, -0.1) is 0 Å². The van der Waals surface area contributed by atoms with E-state index in [2.05, 4.69) is 41.9 Å². The molecule has 0 radical (unpaired) electrons. The number of aromatic nitrogens is 2. The third kappa shape index (κ3) is 2.21. The molecule has 0 aliphatic carbocycles. The number of fused-ring (bicyclic) bond motifs is 1. The van der Waals surface area contributed by atoms with Crippen LogP contribution in [-0.4, -0.2) is 9.55 Å². The van der Waals surface area contributed by atoms with Crippen LogP contribution in [0.3, 0.4) is 0 Å². The second-order valence-electron chi connectivity index (χ2n) is 5.24. The van der Waals surface area contributed by atoms with Crippen LogP contribution in [0.2, 0.25) is 0 Å². The molecule has 0 bridgehead atoms. The lowest BCUT2D eigenvalue weighted by molar-refractivity contribution is 0.786. The van der Waals surface area contributed by atoms with Crippen LogP contribution in [0.1, 0.15) is 29.9 Å². The summed E-state index contributed by atoms with van der Waals surface area (Å²) in [5.41, 5.74) is 10.7. The van der Waals surface area contributed by atoms with E-state index in [9.17, 15) is 0 Å². The lowest BCUT2D eigenvalue weighted by Gasteiger charge is -2.12. The van der Waals surface area contributed by atoms with Gasteiger partial charge in [-0.3, -0.25) is 0 Å². The Kier molecular flexibility index (Phi) is 3.28. The number of hydrogen-bond acceptors (Lipinski definition) is 2. The maximum absolute atomic E-state index is 6.05. The number of nitrogens with zero attached hydrogens (tertiary/aromatic N) is 2. The van der Waals surface area contributed by atoms with Crippen LogP contribution in [0, 0.1) is 0 Å². The number of aryl methyl sites for hydroxylation is 1. The molecule has 2 aromatic carbocycles. The molecule has 2 N–H and O–H groups in total. The van der Waals surface area contributed by atoms with Crippen LogP contribution >= 0.6 is 0 Å². The topological polar surface area (TPSA) is 43.8 Å². The van der Waals surface area contributed by atoms with Gasteiger partial charge in [0.05, 0.1) is 11.0 Å². The highest BCUT2D eigenvalue weighted by atomic mass is 15.1. The van der Waals surface area contributed by atoms with E-state index >= 15 is 0 Å². The highest BCUT2D eigenvalue weighted by Gasteiger charge is 2.11. The Bertz CT molecular complexity index is 741. The van der Waals surface area contributed by atoms with Crippen LogP contribution in [0.15, 0.2) is 48.5 Å². The predicted octanol–water partition coefficient (Wildman–Crippen LogP) is 3.18. The summed E-state index contributed by atoms with van der Waals surface area (Å²) in [7, 11) is 2.07. The maximum Gasteiger partial charge on any atom is 0.114 e. The molecule has 0 aliphatic rings. The minimum Gasteiger partial charge on any atom is -0.331 e. The summed E-state index contributed by atoms with van der Waals surface area (Å²) >= 11 is 0. The molecule has 0 saturated heterocycles. The van der Waals surface area contributed by atoms with Crippen molar-refractivity contribution >= 4 is 11.0 Å². The molecule has 0 spiro atoms. The molecule has 3 nitrogen and oxygen atoms in total. The van der Waals surface area contributed by atoms with Crippen molar-refractivity contribution in [2.45, 2.75) is 19.4 Å². The van der Waals surface area contributed by atoms with Gasteiger partial charge in [-0.25, -0.2) is 4.98 Å². The number of hydrogen-bond donors (Lipinski definition) is 1. The molecule has 20 heavy (non-hydrogen) atoms. The average Bonchev–Trinajstić information content (AvgIpc) is 2.76. The van der Waals surface area contributed by atoms with Crippen LogP contribution in [-0.2, 0) is 13.5 Å².